The highest BCUT2D eigenvalue weighted by atomic mass is 32.1. The normalized spacial score (nSPS) is 16.1. The van der Waals surface area contributed by atoms with Crippen molar-refractivity contribution in [2.75, 3.05) is 12.4 Å². The molecule has 8 heteroatoms. The van der Waals surface area contributed by atoms with Gasteiger partial charge in [0, 0.05) is 31.6 Å². The van der Waals surface area contributed by atoms with Gasteiger partial charge in [-0.3, -0.25) is 4.68 Å². The van der Waals surface area contributed by atoms with Gasteiger partial charge in [0.05, 0.1) is 17.8 Å². The lowest BCUT2D eigenvalue weighted by atomic mass is 9.94. The van der Waals surface area contributed by atoms with Gasteiger partial charge >= 0.3 is 6.09 Å². The number of alkyl carbamates (subject to hydrolysis) is 1. The van der Waals surface area contributed by atoms with E-state index < -0.39 is 6.09 Å². The van der Waals surface area contributed by atoms with Gasteiger partial charge in [-0.05, 0) is 24.5 Å². The first-order valence-electron chi connectivity index (χ1n) is 7.76. The van der Waals surface area contributed by atoms with Gasteiger partial charge in [0.2, 0.25) is 0 Å². The van der Waals surface area contributed by atoms with Crippen LogP contribution in [0.5, 0.6) is 0 Å². The highest BCUT2D eigenvalue weighted by Gasteiger charge is 2.27. The summed E-state index contributed by atoms with van der Waals surface area (Å²) in [5.74, 6) is 0. The van der Waals surface area contributed by atoms with Gasteiger partial charge in [-0.25, -0.2) is 4.79 Å². The zero-order chi connectivity index (χ0) is 17.1. The number of nitrogens with one attached hydrogen (secondary N) is 2. The van der Waals surface area contributed by atoms with E-state index in [2.05, 4.69) is 21.8 Å². The molecule has 0 bridgehead atoms. The molecule has 2 aromatic heterocycles. The Morgan fingerprint density at radius 3 is 3.12 bits per heavy atom. The molecule has 7 nitrogen and oxygen atoms in total. The van der Waals surface area contributed by atoms with Crippen LogP contribution in [0.15, 0.2) is 12.3 Å². The molecule has 0 radical (unpaired) electrons. The van der Waals surface area contributed by atoms with Crippen molar-refractivity contribution in [3.05, 3.63) is 34.0 Å². The molecule has 1 amide bonds. The fourth-order valence-electron chi connectivity index (χ4n) is 2.88. The van der Waals surface area contributed by atoms with Gasteiger partial charge in [-0.15, -0.1) is 11.3 Å². The van der Waals surface area contributed by atoms with Crippen LogP contribution in [-0.4, -0.2) is 29.0 Å². The molecule has 2 N–H and O–H groups in total. The number of aryl methyl sites for hydroxylation is 1. The van der Waals surface area contributed by atoms with Crippen LogP contribution in [0, 0.1) is 11.3 Å². The SMILES string of the molecule is CNc1sc2c(c1C#N)CCC(OC(=O)NCc1ccnn1C)C2. The summed E-state index contributed by atoms with van der Waals surface area (Å²) < 4.78 is 7.24. The summed E-state index contributed by atoms with van der Waals surface area (Å²) in [6.45, 7) is 0.384. The molecule has 2 aromatic rings. The van der Waals surface area contributed by atoms with Crippen LogP contribution in [-0.2, 0) is 31.2 Å². The summed E-state index contributed by atoms with van der Waals surface area (Å²) in [6.07, 6.45) is 3.27. The van der Waals surface area contributed by atoms with Gasteiger partial charge in [-0.1, -0.05) is 0 Å². The highest BCUT2D eigenvalue weighted by molar-refractivity contribution is 7.16. The van der Waals surface area contributed by atoms with E-state index in [1.165, 1.54) is 0 Å². The third-order valence-electron chi connectivity index (χ3n) is 4.17. The number of hydrogen-bond donors (Lipinski definition) is 2. The predicted octanol–water partition coefficient (Wildman–Crippen LogP) is 2.18. The van der Waals surface area contributed by atoms with Gasteiger partial charge in [0.1, 0.15) is 17.2 Å². The quantitative estimate of drug-likeness (QED) is 0.886. The lowest BCUT2D eigenvalue weighted by molar-refractivity contribution is 0.0896. The van der Waals surface area contributed by atoms with Gasteiger partial charge in [0.25, 0.3) is 0 Å². The number of thiophene rings is 1. The standard InChI is InChI=1S/C16H19N5O2S/c1-18-15-13(8-17)12-4-3-11(7-14(12)24-15)23-16(22)19-9-10-5-6-20-21(10)2/h5-6,11,18H,3-4,7,9H2,1-2H3,(H,19,22). The van der Waals surface area contributed by atoms with Crippen LogP contribution in [0.1, 0.15) is 28.1 Å². The largest absolute Gasteiger partial charge is 0.446 e. The molecule has 24 heavy (non-hydrogen) atoms. The third kappa shape index (κ3) is 3.21. The number of nitriles is 1. The summed E-state index contributed by atoms with van der Waals surface area (Å²) in [6, 6.07) is 4.12. The summed E-state index contributed by atoms with van der Waals surface area (Å²) >= 11 is 1.57. The number of anilines is 1. The second kappa shape index (κ2) is 6.93. The molecular formula is C16H19N5O2S. The zero-order valence-electron chi connectivity index (χ0n) is 13.6. The predicted molar refractivity (Wildman–Crippen MR) is 90.9 cm³/mol. The van der Waals surface area contributed by atoms with Crippen LogP contribution in [0.3, 0.4) is 0 Å². The number of nitrogens with zero attached hydrogens (tertiary/aromatic N) is 3. The molecule has 0 aromatic carbocycles. The number of carbonyl (C=O) groups is 1. The number of carbonyl (C=O) groups excluding carboxylic acids is 1. The summed E-state index contributed by atoms with van der Waals surface area (Å²) in [5.41, 5.74) is 2.74. The minimum Gasteiger partial charge on any atom is -0.446 e. The van der Waals surface area contributed by atoms with Crippen molar-refractivity contribution in [2.24, 2.45) is 7.05 Å². The number of amides is 1. The molecule has 0 saturated heterocycles. The maximum Gasteiger partial charge on any atom is 0.407 e. The van der Waals surface area contributed by atoms with E-state index in [1.54, 1.807) is 22.2 Å². The summed E-state index contributed by atoms with van der Waals surface area (Å²) in [5, 5.41) is 20.1. The molecule has 1 aliphatic carbocycles. The second-order valence-electron chi connectivity index (χ2n) is 5.64. The van der Waals surface area contributed by atoms with Crippen molar-refractivity contribution < 1.29 is 9.53 Å². The van der Waals surface area contributed by atoms with Gasteiger partial charge < -0.3 is 15.4 Å². The first kappa shape index (κ1) is 16.3. The Bertz CT molecular complexity index is 789. The number of aromatic nitrogens is 2. The number of hydrogen-bond acceptors (Lipinski definition) is 6. The van der Waals surface area contributed by atoms with E-state index in [9.17, 15) is 10.1 Å². The molecule has 1 unspecified atom stereocenters. The van der Waals surface area contributed by atoms with E-state index in [-0.39, 0.29) is 6.10 Å². The van der Waals surface area contributed by atoms with E-state index in [0.29, 0.717) is 13.0 Å². The van der Waals surface area contributed by atoms with Crippen molar-refractivity contribution in [1.82, 2.24) is 15.1 Å². The molecule has 2 heterocycles. The monoisotopic (exact) mass is 345 g/mol. The molecule has 1 atom stereocenters. The van der Waals surface area contributed by atoms with Gasteiger partial charge in [0.15, 0.2) is 0 Å². The van der Waals surface area contributed by atoms with E-state index in [0.717, 1.165) is 39.5 Å². The average Bonchev–Trinajstić information content (AvgIpc) is 3.15. The van der Waals surface area contributed by atoms with E-state index >= 15 is 0 Å². The molecular weight excluding hydrogens is 326 g/mol. The Morgan fingerprint density at radius 2 is 2.46 bits per heavy atom. The smallest absolute Gasteiger partial charge is 0.407 e. The minimum absolute atomic E-state index is 0.154. The maximum atomic E-state index is 12.0. The fraction of sp³-hybridized carbons (Fsp3) is 0.438. The Balaban J connectivity index is 1.58. The summed E-state index contributed by atoms with van der Waals surface area (Å²) in [4.78, 5) is 13.1. The lowest BCUT2D eigenvalue weighted by Gasteiger charge is -2.22. The van der Waals surface area contributed by atoms with Crippen molar-refractivity contribution >= 4 is 22.4 Å². The van der Waals surface area contributed by atoms with Gasteiger partial charge in [-0.2, -0.15) is 10.4 Å². The second-order valence-corrected chi connectivity index (χ2v) is 6.74. The van der Waals surface area contributed by atoms with Crippen LogP contribution >= 0.6 is 11.3 Å². The maximum absolute atomic E-state index is 12.0. The van der Waals surface area contributed by atoms with Crippen molar-refractivity contribution in [3.63, 3.8) is 0 Å². The first-order chi connectivity index (χ1) is 11.6. The minimum atomic E-state index is -0.421. The molecule has 0 fully saturated rings. The molecule has 0 spiro atoms. The first-order valence-corrected chi connectivity index (χ1v) is 8.57. The summed E-state index contributed by atoms with van der Waals surface area (Å²) in [7, 11) is 3.64. The zero-order valence-corrected chi connectivity index (χ0v) is 14.4. The fourth-order valence-corrected chi connectivity index (χ4v) is 4.10. The number of ether oxygens (including phenoxy) is 1. The van der Waals surface area contributed by atoms with Crippen LogP contribution in [0.4, 0.5) is 9.80 Å². The van der Waals surface area contributed by atoms with Crippen LogP contribution < -0.4 is 10.6 Å². The third-order valence-corrected chi connectivity index (χ3v) is 5.44. The Morgan fingerprint density at radius 1 is 1.62 bits per heavy atom. The molecule has 0 aliphatic heterocycles. The average molecular weight is 345 g/mol. The number of fused-ring (bicyclic) bond motifs is 1. The van der Waals surface area contributed by atoms with Crippen LogP contribution in [0.25, 0.3) is 0 Å². The van der Waals surface area contributed by atoms with Crippen LogP contribution in [0.2, 0.25) is 0 Å². The topological polar surface area (TPSA) is 92.0 Å². The molecule has 0 saturated carbocycles. The molecule has 1 aliphatic rings. The van der Waals surface area contributed by atoms with Crippen molar-refractivity contribution in [3.8, 4) is 6.07 Å². The molecule has 3 rings (SSSR count). The van der Waals surface area contributed by atoms with E-state index in [4.69, 9.17) is 4.74 Å². The Kier molecular flexibility index (Phi) is 4.71. The highest BCUT2D eigenvalue weighted by Crippen LogP contribution is 2.38. The van der Waals surface area contributed by atoms with Crippen molar-refractivity contribution in [1.29, 1.82) is 5.26 Å². The molecule has 126 valence electrons. The Labute approximate surface area is 144 Å². The lowest BCUT2D eigenvalue weighted by Crippen LogP contribution is -2.32. The number of rotatable bonds is 4. The van der Waals surface area contributed by atoms with Crippen molar-refractivity contribution in [2.45, 2.75) is 31.9 Å². The van der Waals surface area contributed by atoms with E-state index in [1.807, 2.05) is 20.2 Å². The Hall–Kier alpha value is -2.53.